The second-order valence-electron chi connectivity index (χ2n) is 5.54. The molecule has 2 aromatic heterocycles. The third-order valence-corrected chi connectivity index (χ3v) is 3.54. The van der Waals surface area contributed by atoms with Crippen molar-refractivity contribution < 1.29 is 14.9 Å². The Labute approximate surface area is 131 Å². The normalized spacial score (nSPS) is 24.8. The monoisotopic (exact) mass is 322 g/mol. The van der Waals surface area contributed by atoms with Crippen molar-refractivity contribution in [1.29, 1.82) is 0 Å². The maximum absolute atomic E-state index is 11.8. The van der Waals surface area contributed by atoms with Crippen molar-refractivity contribution in [3.05, 3.63) is 16.8 Å². The van der Waals surface area contributed by atoms with E-state index in [-0.39, 0.29) is 13.0 Å². The topological polar surface area (TPSA) is 129 Å². The van der Waals surface area contributed by atoms with Crippen LogP contribution >= 0.6 is 0 Å². The van der Waals surface area contributed by atoms with Gasteiger partial charge >= 0.3 is 5.69 Å². The molecule has 124 valence electrons. The van der Waals surface area contributed by atoms with E-state index in [9.17, 15) is 15.0 Å². The number of ether oxygens (including phenoxy) is 1. The van der Waals surface area contributed by atoms with Crippen molar-refractivity contribution >= 4 is 23.3 Å². The lowest BCUT2D eigenvalue weighted by molar-refractivity contribution is -0.0432. The predicted molar refractivity (Wildman–Crippen MR) is 81.6 cm³/mol. The standard InChI is InChI=1S/C13H18N6O4/c1-18(2)5-15-11-10-12(17-13(22)16-11)19(6-14-10)9-3-7(21)8(4-20)23-9/h5-9,20-21H,3-4H2,1-2H3,(H,16,17,22)/b15-5+. The highest BCUT2D eigenvalue weighted by Gasteiger charge is 2.35. The minimum Gasteiger partial charge on any atom is -0.394 e. The van der Waals surface area contributed by atoms with Gasteiger partial charge in [-0.1, -0.05) is 0 Å². The van der Waals surface area contributed by atoms with Crippen LogP contribution in [0.2, 0.25) is 0 Å². The number of hydrogen-bond donors (Lipinski definition) is 3. The van der Waals surface area contributed by atoms with Crippen LogP contribution in [0, 0.1) is 0 Å². The maximum atomic E-state index is 11.8. The van der Waals surface area contributed by atoms with Crippen molar-refractivity contribution in [2.45, 2.75) is 24.9 Å². The first kappa shape index (κ1) is 15.6. The highest BCUT2D eigenvalue weighted by molar-refractivity contribution is 5.82. The molecule has 3 atom stereocenters. The number of rotatable bonds is 4. The summed E-state index contributed by atoms with van der Waals surface area (Å²) in [5.41, 5.74) is 0.186. The molecule has 0 spiro atoms. The average Bonchev–Trinajstić information content (AvgIpc) is 3.07. The highest BCUT2D eigenvalue weighted by atomic mass is 16.5. The molecule has 0 amide bonds. The lowest BCUT2D eigenvalue weighted by Gasteiger charge is -2.13. The number of nitrogens with zero attached hydrogens (tertiary/aromatic N) is 5. The largest absolute Gasteiger partial charge is 0.394 e. The molecule has 1 aliphatic rings. The van der Waals surface area contributed by atoms with E-state index in [0.29, 0.717) is 17.0 Å². The number of fused-ring (bicyclic) bond motifs is 1. The molecule has 0 aromatic carbocycles. The molecule has 1 saturated heterocycles. The lowest BCUT2D eigenvalue weighted by Crippen LogP contribution is -2.24. The van der Waals surface area contributed by atoms with Gasteiger partial charge in [-0.25, -0.2) is 14.8 Å². The molecule has 0 saturated carbocycles. The van der Waals surface area contributed by atoms with Crippen LogP contribution < -0.4 is 5.69 Å². The predicted octanol–water partition coefficient (Wildman–Crippen LogP) is -1.02. The van der Waals surface area contributed by atoms with E-state index in [2.05, 4.69) is 19.9 Å². The summed E-state index contributed by atoms with van der Waals surface area (Å²) >= 11 is 0. The molecule has 0 radical (unpaired) electrons. The van der Waals surface area contributed by atoms with Crippen molar-refractivity contribution in [3.63, 3.8) is 0 Å². The van der Waals surface area contributed by atoms with Gasteiger partial charge in [-0.15, -0.1) is 0 Å². The van der Waals surface area contributed by atoms with Gasteiger partial charge in [0.1, 0.15) is 12.3 Å². The van der Waals surface area contributed by atoms with E-state index in [0.717, 1.165) is 0 Å². The van der Waals surface area contributed by atoms with Gasteiger partial charge in [0.05, 0.1) is 25.4 Å². The summed E-state index contributed by atoms with van der Waals surface area (Å²) in [6.07, 6.45) is 1.31. The van der Waals surface area contributed by atoms with Gasteiger partial charge < -0.3 is 19.8 Å². The SMILES string of the molecule is CN(C)/C=N/c1[nH]c(=O)nc2c1ncn2C1CC(O)C(CO)O1. The molecule has 0 bridgehead atoms. The number of nitrogens with one attached hydrogen (secondary N) is 1. The Bertz CT molecular complexity index is 782. The van der Waals surface area contributed by atoms with Crippen LogP contribution in [-0.2, 0) is 4.74 Å². The fourth-order valence-electron chi connectivity index (χ4n) is 2.44. The van der Waals surface area contributed by atoms with Gasteiger partial charge in [-0.3, -0.25) is 9.55 Å². The average molecular weight is 322 g/mol. The fourth-order valence-corrected chi connectivity index (χ4v) is 2.44. The number of H-pyrrole nitrogens is 1. The molecule has 10 nitrogen and oxygen atoms in total. The number of hydrogen-bond acceptors (Lipinski definition) is 7. The third-order valence-electron chi connectivity index (χ3n) is 3.54. The van der Waals surface area contributed by atoms with Gasteiger partial charge in [-0.05, 0) is 0 Å². The minimum atomic E-state index is -0.782. The van der Waals surface area contributed by atoms with Crippen LogP contribution in [0.5, 0.6) is 0 Å². The smallest absolute Gasteiger partial charge is 0.348 e. The summed E-state index contributed by atoms with van der Waals surface area (Å²) in [4.78, 5) is 28.4. The molecule has 3 heterocycles. The Kier molecular flexibility index (Phi) is 4.11. The van der Waals surface area contributed by atoms with Gasteiger partial charge in [-0.2, -0.15) is 4.98 Å². The van der Waals surface area contributed by atoms with Gasteiger partial charge in [0.15, 0.2) is 17.0 Å². The molecule has 3 N–H and O–H groups in total. The molecule has 1 fully saturated rings. The Balaban J connectivity index is 2.03. The van der Waals surface area contributed by atoms with Crippen molar-refractivity contribution in [1.82, 2.24) is 24.4 Å². The van der Waals surface area contributed by atoms with Crippen LogP contribution in [-0.4, -0.2) is 73.9 Å². The minimum absolute atomic E-state index is 0.279. The van der Waals surface area contributed by atoms with Crippen molar-refractivity contribution in [2.75, 3.05) is 20.7 Å². The van der Waals surface area contributed by atoms with E-state index < -0.39 is 24.1 Å². The summed E-state index contributed by atoms with van der Waals surface area (Å²) < 4.78 is 7.14. The van der Waals surface area contributed by atoms with Gasteiger partial charge in [0.25, 0.3) is 0 Å². The number of imidazole rings is 1. The van der Waals surface area contributed by atoms with Crippen molar-refractivity contribution in [2.24, 2.45) is 4.99 Å². The summed E-state index contributed by atoms with van der Waals surface area (Å²) in [5, 5.41) is 19.0. The number of aromatic amines is 1. The van der Waals surface area contributed by atoms with Crippen molar-refractivity contribution in [3.8, 4) is 0 Å². The summed E-state index contributed by atoms with van der Waals surface area (Å²) in [6, 6.07) is 0. The third kappa shape index (κ3) is 2.96. The Hall–Kier alpha value is -2.30. The van der Waals surface area contributed by atoms with Gasteiger partial charge in [0, 0.05) is 20.5 Å². The first-order valence-electron chi connectivity index (χ1n) is 7.11. The molecule has 3 rings (SSSR count). The molecule has 0 aliphatic carbocycles. The highest BCUT2D eigenvalue weighted by Crippen LogP contribution is 2.31. The second kappa shape index (κ2) is 6.07. The number of aliphatic imine (C=N–C) groups is 1. The van der Waals surface area contributed by atoms with E-state index >= 15 is 0 Å². The molecular weight excluding hydrogens is 304 g/mol. The Morgan fingerprint density at radius 3 is 3.04 bits per heavy atom. The van der Waals surface area contributed by atoms with Crippen LogP contribution in [0.1, 0.15) is 12.6 Å². The summed E-state index contributed by atoms with van der Waals surface area (Å²) in [5.74, 6) is 0.296. The zero-order valence-corrected chi connectivity index (χ0v) is 12.7. The quantitative estimate of drug-likeness (QED) is 0.485. The molecule has 3 unspecified atom stereocenters. The molecule has 2 aromatic rings. The summed E-state index contributed by atoms with van der Waals surface area (Å²) in [6.45, 7) is -0.281. The Morgan fingerprint density at radius 1 is 1.61 bits per heavy atom. The molecule has 23 heavy (non-hydrogen) atoms. The lowest BCUT2D eigenvalue weighted by atomic mass is 10.2. The van der Waals surface area contributed by atoms with Crippen LogP contribution in [0.15, 0.2) is 16.1 Å². The maximum Gasteiger partial charge on any atom is 0.348 e. The Morgan fingerprint density at radius 2 is 2.39 bits per heavy atom. The first-order valence-corrected chi connectivity index (χ1v) is 7.11. The number of aliphatic hydroxyl groups excluding tert-OH is 2. The number of aromatic nitrogens is 4. The number of aliphatic hydroxyl groups is 2. The van der Waals surface area contributed by atoms with E-state index in [1.807, 2.05) is 0 Å². The van der Waals surface area contributed by atoms with E-state index in [4.69, 9.17) is 4.74 Å². The zero-order valence-electron chi connectivity index (χ0n) is 12.7. The first-order chi connectivity index (χ1) is 11.0. The van der Waals surface area contributed by atoms with E-state index in [1.54, 1.807) is 29.9 Å². The molecule has 1 aliphatic heterocycles. The van der Waals surface area contributed by atoms with Gasteiger partial charge in [0.2, 0.25) is 0 Å². The van der Waals surface area contributed by atoms with Crippen LogP contribution in [0.4, 0.5) is 5.82 Å². The fraction of sp³-hybridized carbons (Fsp3) is 0.538. The zero-order chi connectivity index (χ0) is 16.6. The molecule has 10 heteroatoms. The van der Waals surface area contributed by atoms with E-state index in [1.165, 1.54) is 6.33 Å². The van der Waals surface area contributed by atoms with Crippen LogP contribution in [0.3, 0.4) is 0 Å². The molecular formula is C13H18N6O4. The van der Waals surface area contributed by atoms with Crippen LogP contribution in [0.25, 0.3) is 11.2 Å². The second-order valence-corrected chi connectivity index (χ2v) is 5.54. The summed E-state index contributed by atoms with van der Waals surface area (Å²) in [7, 11) is 3.61.